The molecule has 0 nitrogen and oxygen atoms in total. The summed E-state index contributed by atoms with van der Waals surface area (Å²) in [6.45, 7) is 2.07. The maximum atomic E-state index is 5.48. The van der Waals surface area contributed by atoms with Crippen molar-refractivity contribution in [3.8, 4) is 12.3 Å². The van der Waals surface area contributed by atoms with E-state index in [0.717, 1.165) is 5.75 Å². The molecule has 46 valence electrons. The molecule has 0 saturated heterocycles. The first-order chi connectivity index (χ1) is 3.85. The highest BCUT2D eigenvalue weighted by atomic mass is 35.5. The van der Waals surface area contributed by atoms with Gasteiger partial charge in [-0.05, 0) is 5.75 Å². The van der Waals surface area contributed by atoms with Gasteiger partial charge in [0.25, 0.3) is 0 Å². The van der Waals surface area contributed by atoms with E-state index in [1.165, 1.54) is 0 Å². The van der Waals surface area contributed by atoms with Gasteiger partial charge in [0, 0.05) is 5.88 Å². The summed E-state index contributed by atoms with van der Waals surface area (Å²) in [4.78, 5) is 0. The lowest BCUT2D eigenvalue weighted by molar-refractivity contribution is 1.30. The molecule has 0 aromatic carbocycles. The standard InChI is InChI=1S/C6H9ClS/c1-3-6(5-7)8-4-2/h1,6H,4-5H2,2H3. The quantitative estimate of drug-likeness (QED) is 0.436. The first-order valence-electron chi connectivity index (χ1n) is 2.48. The molecule has 0 spiro atoms. The zero-order valence-electron chi connectivity index (χ0n) is 4.86. The van der Waals surface area contributed by atoms with Crippen LogP contribution in [0.2, 0.25) is 0 Å². The molecule has 1 unspecified atom stereocenters. The number of rotatable bonds is 3. The Bertz CT molecular complexity index is 85.0. The Morgan fingerprint density at radius 1 is 1.88 bits per heavy atom. The van der Waals surface area contributed by atoms with Crippen molar-refractivity contribution in [1.29, 1.82) is 0 Å². The van der Waals surface area contributed by atoms with E-state index in [2.05, 4.69) is 12.8 Å². The van der Waals surface area contributed by atoms with Crippen LogP contribution in [0.1, 0.15) is 6.92 Å². The van der Waals surface area contributed by atoms with Crippen LogP contribution in [0.25, 0.3) is 0 Å². The summed E-state index contributed by atoms with van der Waals surface area (Å²) >= 11 is 7.19. The summed E-state index contributed by atoms with van der Waals surface area (Å²) in [5.74, 6) is 4.19. The fourth-order valence-corrected chi connectivity index (χ4v) is 1.28. The minimum Gasteiger partial charge on any atom is -0.144 e. The molecule has 0 amide bonds. The molecule has 0 N–H and O–H groups in total. The summed E-state index contributed by atoms with van der Waals surface area (Å²) in [5.41, 5.74) is 0. The molecule has 0 rings (SSSR count). The summed E-state index contributed by atoms with van der Waals surface area (Å²) in [5, 5.41) is 0.210. The predicted octanol–water partition coefficient (Wildman–Crippen LogP) is 1.98. The van der Waals surface area contributed by atoms with Crippen molar-refractivity contribution in [3.63, 3.8) is 0 Å². The number of halogens is 1. The van der Waals surface area contributed by atoms with Gasteiger partial charge in [-0.2, -0.15) is 0 Å². The molecule has 0 aromatic rings. The Morgan fingerprint density at radius 3 is 2.62 bits per heavy atom. The molecule has 2 heteroatoms. The van der Waals surface area contributed by atoms with E-state index in [4.69, 9.17) is 18.0 Å². The molecular weight excluding hydrogens is 140 g/mol. The molecule has 0 radical (unpaired) electrons. The van der Waals surface area contributed by atoms with Gasteiger partial charge in [-0.15, -0.1) is 29.8 Å². The van der Waals surface area contributed by atoms with Gasteiger partial charge < -0.3 is 0 Å². The van der Waals surface area contributed by atoms with Crippen LogP contribution in [0.15, 0.2) is 0 Å². The van der Waals surface area contributed by atoms with E-state index in [-0.39, 0.29) is 5.25 Å². The Hall–Kier alpha value is 0.200. The van der Waals surface area contributed by atoms with Crippen LogP contribution >= 0.6 is 23.4 Å². The maximum Gasteiger partial charge on any atom is 0.0789 e. The Balaban J connectivity index is 3.26. The molecule has 1 atom stereocenters. The van der Waals surface area contributed by atoms with E-state index in [0.29, 0.717) is 5.88 Å². The summed E-state index contributed by atoms with van der Waals surface area (Å²) in [7, 11) is 0. The van der Waals surface area contributed by atoms with Crippen molar-refractivity contribution in [2.24, 2.45) is 0 Å². The Labute approximate surface area is 60.0 Å². The van der Waals surface area contributed by atoms with Crippen molar-refractivity contribution in [1.82, 2.24) is 0 Å². The second kappa shape index (κ2) is 5.34. The smallest absolute Gasteiger partial charge is 0.0789 e. The van der Waals surface area contributed by atoms with Crippen LogP contribution in [0, 0.1) is 12.3 Å². The highest BCUT2D eigenvalue weighted by molar-refractivity contribution is 8.00. The average molecular weight is 149 g/mol. The van der Waals surface area contributed by atoms with Gasteiger partial charge in [0.2, 0.25) is 0 Å². The lowest BCUT2D eigenvalue weighted by Gasteiger charge is -2.00. The second-order valence-corrected chi connectivity index (χ2v) is 3.05. The normalized spacial score (nSPS) is 12.6. The fourth-order valence-electron chi connectivity index (χ4n) is 0.338. The third kappa shape index (κ3) is 3.23. The van der Waals surface area contributed by atoms with Crippen LogP contribution in [-0.4, -0.2) is 16.9 Å². The molecule has 0 aromatic heterocycles. The number of terminal acetylenes is 1. The molecule has 0 aliphatic rings. The van der Waals surface area contributed by atoms with Crippen molar-refractivity contribution in [2.45, 2.75) is 12.2 Å². The third-order valence-corrected chi connectivity index (χ3v) is 2.22. The van der Waals surface area contributed by atoms with E-state index in [1.807, 2.05) is 0 Å². The first kappa shape index (κ1) is 8.20. The molecule has 0 bridgehead atoms. The molecule has 0 saturated carbocycles. The number of hydrogen-bond acceptors (Lipinski definition) is 1. The largest absolute Gasteiger partial charge is 0.144 e. The van der Waals surface area contributed by atoms with Gasteiger partial charge in [0.15, 0.2) is 0 Å². The van der Waals surface area contributed by atoms with Crippen molar-refractivity contribution in [3.05, 3.63) is 0 Å². The van der Waals surface area contributed by atoms with E-state index in [1.54, 1.807) is 11.8 Å². The van der Waals surface area contributed by atoms with Crippen LogP contribution in [0.3, 0.4) is 0 Å². The van der Waals surface area contributed by atoms with Gasteiger partial charge in [0.1, 0.15) is 0 Å². The van der Waals surface area contributed by atoms with Crippen LogP contribution in [0.5, 0.6) is 0 Å². The van der Waals surface area contributed by atoms with Crippen molar-refractivity contribution >= 4 is 23.4 Å². The fraction of sp³-hybridized carbons (Fsp3) is 0.667. The van der Waals surface area contributed by atoms with E-state index < -0.39 is 0 Å². The van der Waals surface area contributed by atoms with Crippen LogP contribution in [-0.2, 0) is 0 Å². The molecule has 0 aliphatic heterocycles. The van der Waals surface area contributed by atoms with Gasteiger partial charge >= 0.3 is 0 Å². The second-order valence-electron chi connectivity index (χ2n) is 1.26. The van der Waals surface area contributed by atoms with Crippen LogP contribution in [0.4, 0.5) is 0 Å². The third-order valence-electron chi connectivity index (χ3n) is 0.694. The molecule has 0 fully saturated rings. The summed E-state index contributed by atoms with van der Waals surface area (Å²) < 4.78 is 0. The first-order valence-corrected chi connectivity index (χ1v) is 4.07. The van der Waals surface area contributed by atoms with Gasteiger partial charge in [-0.25, -0.2) is 0 Å². The van der Waals surface area contributed by atoms with E-state index >= 15 is 0 Å². The number of hydrogen-bond donors (Lipinski definition) is 0. The number of alkyl halides is 1. The topological polar surface area (TPSA) is 0 Å². The highest BCUT2D eigenvalue weighted by Gasteiger charge is 1.98. The monoisotopic (exact) mass is 148 g/mol. The zero-order valence-corrected chi connectivity index (χ0v) is 6.43. The molecule has 0 aliphatic carbocycles. The zero-order chi connectivity index (χ0) is 6.41. The highest BCUT2D eigenvalue weighted by Crippen LogP contribution is 2.09. The Kier molecular flexibility index (Phi) is 5.47. The van der Waals surface area contributed by atoms with E-state index in [9.17, 15) is 0 Å². The van der Waals surface area contributed by atoms with Gasteiger partial charge in [0.05, 0.1) is 5.25 Å². The summed E-state index contributed by atoms with van der Waals surface area (Å²) in [6.07, 6.45) is 5.11. The summed E-state index contributed by atoms with van der Waals surface area (Å²) in [6, 6.07) is 0. The minimum atomic E-state index is 0.210. The molecule has 0 heterocycles. The van der Waals surface area contributed by atoms with Gasteiger partial charge in [-0.3, -0.25) is 0 Å². The lowest BCUT2D eigenvalue weighted by Crippen LogP contribution is -1.99. The SMILES string of the molecule is C#CC(CCl)SCC. The lowest BCUT2D eigenvalue weighted by atomic mass is 10.5. The number of thioether (sulfide) groups is 1. The minimum absolute atomic E-state index is 0.210. The Morgan fingerprint density at radius 2 is 2.50 bits per heavy atom. The average Bonchev–Trinajstić information content (AvgIpc) is 1.83. The molecular formula is C6H9ClS. The molecule has 8 heavy (non-hydrogen) atoms. The predicted molar refractivity (Wildman–Crippen MR) is 41.5 cm³/mol. The van der Waals surface area contributed by atoms with Gasteiger partial charge in [-0.1, -0.05) is 12.8 Å². The van der Waals surface area contributed by atoms with Crippen LogP contribution < -0.4 is 0 Å². The maximum absolute atomic E-state index is 5.48. The van der Waals surface area contributed by atoms with Crippen molar-refractivity contribution in [2.75, 3.05) is 11.6 Å². The van der Waals surface area contributed by atoms with Crippen molar-refractivity contribution < 1.29 is 0 Å².